The molecule has 0 fully saturated rings. The van der Waals surface area contributed by atoms with Crippen LogP contribution in [0.2, 0.25) is 0 Å². The van der Waals surface area contributed by atoms with E-state index in [-0.39, 0.29) is 11.2 Å². The highest BCUT2D eigenvalue weighted by atomic mass is 32.2. The molecule has 22 heavy (non-hydrogen) atoms. The molecule has 0 aliphatic rings. The number of hydrogen-bond donors (Lipinski definition) is 1. The lowest BCUT2D eigenvalue weighted by Gasteiger charge is -2.14. The number of carbonyl (C=O) groups is 1. The number of para-hydroxylation sites is 2. The maximum Gasteiger partial charge on any atom is 0.237 e. The fourth-order valence-electron chi connectivity index (χ4n) is 1.89. The second-order valence-corrected chi connectivity index (χ2v) is 6.04. The first-order valence-corrected chi connectivity index (χ1v) is 7.76. The normalized spacial score (nSPS) is 11.6. The van der Waals surface area contributed by atoms with Crippen molar-refractivity contribution < 1.29 is 14.3 Å². The van der Waals surface area contributed by atoms with Crippen LogP contribution in [0.15, 0.2) is 53.4 Å². The molecule has 0 spiro atoms. The van der Waals surface area contributed by atoms with E-state index in [1.807, 2.05) is 55.5 Å². The molecule has 2 aromatic rings. The minimum Gasteiger partial charge on any atom is -0.497 e. The Bertz CT molecular complexity index is 628. The first-order valence-electron chi connectivity index (χ1n) is 6.88. The van der Waals surface area contributed by atoms with Gasteiger partial charge in [-0.25, -0.2) is 0 Å². The zero-order valence-corrected chi connectivity index (χ0v) is 13.6. The van der Waals surface area contributed by atoms with Crippen molar-refractivity contribution in [3.8, 4) is 11.5 Å². The van der Waals surface area contributed by atoms with E-state index in [1.54, 1.807) is 14.2 Å². The number of thioether (sulfide) groups is 1. The van der Waals surface area contributed by atoms with Crippen molar-refractivity contribution in [1.29, 1.82) is 0 Å². The molecule has 5 heteroatoms. The third-order valence-corrected chi connectivity index (χ3v) is 4.22. The van der Waals surface area contributed by atoms with Crippen LogP contribution in [0.4, 0.5) is 5.69 Å². The Morgan fingerprint density at radius 1 is 1.05 bits per heavy atom. The Kier molecular flexibility index (Phi) is 5.72. The van der Waals surface area contributed by atoms with Gasteiger partial charge in [0.05, 0.1) is 25.2 Å². The molecular weight excluding hydrogens is 298 g/mol. The smallest absolute Gasteiger partial charge is 0.237 e. The van der Waals surface area contributed by atoms with Gasteiger partial charge in [0.2, 0.25) is 5.91 Å². The van der Waals surface area contributed by atoms with Gasteiger partial charge in [0.15, 0.2) is 0 Å². The van der Waals surface area contributed by atoms with Crippen LogP contribution in [0.25, 0.3) is 0 Å². The molecule has 2 aromatic carbocycles. The standard InChI is InChI=1S/C17H19NO3S/c1-12(22-14-10-8-13(20-2)9-11-14)17(19)18-15-6-4-5-7-16(15)21-3/h4-12H,1-3H3,(H,18,19)/t12-/m0/s1. The van der Waals surface area contributed by atoms with Crippen molar-refractivity contribution in [3.05, 3.63) is 48.5 Å². The number of anilines is 1. The summed E-state index contributed by atoms with van der Waals surface area (Å²) >= 11 is 1.50. The molecule has 0 radical (unpaired) electrons. The minimum absolute atomic E-state index is 0.0645. The molecule has 0 aliphatic carbocycles. The second kappa shape index (κ2) is 7.75. The lowest BCUT2D eigenvalue weighted by molar-refractivity contribution is -0.115. The zero-order valence-electron chi connectivity index (χ0n) is 12.8. The van der Waals surface area contributed by atoms with Crippen molar-refractivity contribution >= 4 is 23.4 Å². The molecule has 0 bridgehead atoms. The van der Waals surface area contributed by atoms with Crippen molar-refractivity contribution in [2.75, 3.05) is 19.5 Å². The first kappa shape index (κ1) is 16.2. The largest absolute Gasteiger partial charge is 0.497 e. The lowest BCUT2D eigenvalue weighted by atomic mass is 10.3. The van der Waals surface area contributed by atoms with E-state index in [0.29, 0.717) is 11.4 Å². The van der Waals surface area contributed by atoms with Crippen molar-refractivity contribution in [2.24, 2.45) is 0 Å². The lowest BCUT2D eigenvalue weighted by Crippen LogP contribution is -2.22. The average Bonchev–Trinajstić information content (AvgIpc) is 2.56. The maximum atomic E-state index is 12.3. The highest BCUT2D eigenvalue weighted by Gasteiger charge is 2.16. The first-order chi connectivity index (χ1) is 10.6. The van der Waals surface area contributed by atoms with Gasteiger partial charge in [0.1, 0.15) is 11.5 Å². The fraction of sp³-hybridized carbons (Fsp3) is 0.235. The number of hydrogen-bond acceptors (Lipinski definition) is 4. The van der Waals surface area contributed by atoms with Crippen LogP contribution in [0.3, 0.4) is 0 Å². The number of methoxy groups -OCH3 is 2. The second-order valence-electron chi connectivity index (χ2n) is 4.63. The fourth-order valence-corrected chi connectivity index (χ4v) is 2.76. The summed E-state index contributed by atoms with van der Waals surface area (Å²) in [4.78, 5) is 13.3. The Hall–Kier alpha value is -2.14. The third-order valence-electron chi connectivity index (χ3n) is 3.11. The van der Waals surface area contributed by atoms with Gasteiger partial charge in [-0.15, -0.1) is 11.8 Å². The van der Waals surface area contributed by atoms with E-state index >= 15 is 0 Å². The molecule has 0 heterocycles. The van der Waals surface area contributed by atoms with Gasteiger partial charge >= 0.3 is 0 Å². The van der Waals surface area contributed by atoms with Gasteiger partial charge in [-0.05, 0) is 43.3 Å². The van der Waals surface area contributed by atoms with Gasteiger partial charge in [-0.3, -0.25) is 4.79 Å². The van der Waals surface area contributed by atoms with E-state index in [9.17, 15) is 4.79 Å². The average molecular weight is 317 g/mol. The van der Waals surface area contributed by atoms with Gasteiger partial charge in [-0.1, -0.05) is 12.1 Å². The monoisotopic (exact) mass is 317 g/mol. The van der Waals surface area contributed by atoms with Crippen LogP contribution in [0.1, 0.15) is 6.92 Å². The molecule has 1 amide bonds. The molecule has 4 nitrogen and oxygen atoms in total. The summed E-state index contributed by atoms with van der Waals surface area (Å²) in [6.07, 6.45) is 0. The van der Waals surface area contributed by atoms with Crippen LogP contribution >= 0.6 is 11.8 Å². The van der Waals surface area contributed by atoms with Gasteiger partial charge < -0.3 is 14.8 Å². The van der Waals surface area contributed by atoms with Gasteiger partial charge in [0, 0.05) is 4.90 Å². The third kappa shape index (κ3) is 4.18. The van der Waals surface area contributed by atoms with Gasteiger partial charge in [-0.2, -0.15) is 0 Å². The van der Waals surface area contributed by atoms with E-state index in [4.69, 9.17) is 9.47 Å². The predicted molar refractivity (Wildman–Crippen MR) is 89.9 cm³/mol. The SMILES string of the molecule is COc1ccc(S[C@@H](C)C(=O)Nc2ccccc2OC)cc1. The minimum atomic E-state index is -0.224. The summed E-state index contributed by atoms with van der Waals surface area (Å²) in [7, 11) is 3.21. The summed E-state index contributed by atoms with van der Waals surface area (Å²) in [6.45, 7) is 1.87. The molecular formula is C17H19NO3S. The summed E-state index contributed by atoms with van der Waals surface area (Å²) in [5.41, 5.74) is 0.678. The predicted octanol–water partition coefficient (Wildman–Crippen LogP) is 3.82. The molecule has 2 rings (SSSR count). The topological polar surface area (TPSA) is 47.6 Å². The van der Waals surface area contributed by atoms with Crippen molar-refractivity contribution in [2.45, 2.75) is 17.1 Å². The van der Waals surface area contributed by atoms with Crippen molar-refractivity contribution in [1.82, 2.24) is 0 Å². The number of nitrogens with one attached hydrogen (secondary N) is 1. The van der Waals surface area contributed by atoms with E-state index in [1.165, 1.54) is 11.8 Å². The Morgan fingerprint density at radius 3 is 2.36 bits per heavy atom. The quantitative estimate of drug-likeness (QED) is 0.823. The van der Waals surface area contributed by atoms with Crippen molar-refractivity contribution in [3.63, 3.8) is 0 Å². The summed E-state index contributed by atoms with van der Waals surface area (Å²) in [5, 5.41) is 2.67. The molecule has 1 atom stereocenters. The van der Waals surface area contributed by atoms with Crippen LogP contribution in [0.5, 0.6) is 11.5 Å². The van der Waals surface area contributed by atoms with Crippen LogP contribution < -0.4 is 14.8 Å². The summed E-state index contributed by atoms with van der Waals surface area (Å²) < 4.78 is 10.4. The number of benzene rings is 2. The molecule has 0 saturated heterocycles. The molecule has 0 unspecified atom stereocenters. The summed E-state index contributed by atoms with van der Waals surface area (Å²) in [5.74, 6) is 1.39. The summed E-state index contributed by atoms with van der Waals surface area (Å²) in [6, 6.07) is 15.0. The Labute approximate surface area is 134 Å². The molecule has 0 saturated carbocycles. The van der Waals surface area contributed by atoms with Crippen LogP contribution in [-0.2, 0) is 4.79 Å². The van der Waals surface area contributed by atoms with E-state index in [2.05, 4.69) is 5.32 Å². The Morgan fingerprint density at radius 2 is 1.73 bits per heavy atom. The Balaban J connectivity index is 1.99. The number of carbonyl (C=O) groups excluding carboxylic acids is 1. The molecule has 0 aromatic heterocycles. The van der Waals surface area contributed by atoms with E-state index < -0.39 is 0 Å². The molecule has 116 valence electrons. The van der Waals surface area contributed by atoms with E-state index in [0.717, 1.165) is 10.6 Å². The number of rotatable bonds is 6. The molecule has 1 N–H and O–H groups in total. The van der Waals surface area contributed by atoms with Crippen LogP contribution in [0, 0.1) is 0 Å². The van der Waals surface area contributed by atoms with Gasteiger partial charge in [0.25, 0.3) is 0 Å². The zero-order chi connectivity index (χ0) is 15.9. The highest BCUT2D eigenvalue weighted by Crippen LogP contribution is 2.28. The number of ether oxygens (including phenoxy) is 2. The molecule has 0 aliphatic heterocycles. The highest BCUT2D eigenvalue weighted by molar-refractivity contribution is 8.00. The number of amides is 1. The maximum absolute atomic E-state index is 12.3. The van der Waals surface area contributed by atoms with Crippen LogP contribution in [-0.4, -0.2) is 25.4 Å².